The number of hydrogen-bond acceptors (Lipinski definition) is 5. The van der Waals surface area contributed by atoms with Crippen LogP contribution in [0.15, 0.2) is 30.4 Å². The number of amides is 3. The van der Waals surface area contributed by atoms with Crippen LogP contribution in [0, 0.1) is 40.7 Å². The van der Waals surface area contributed by atoms with Crippen LogP contribution in [-0.4, -0.2) is 34.1 Å². The molecule has 4 rings (SSSR count). The minimum Gasteiger partial charge on any atom is -0.326 e. The monoisotopic (exact) mass is 369 g/mol. The molecule has 0 spiro atoms. The van der Waals surface area contributed by atoms with E-state index in [1.807, 2.05) is 12.2 Å². The first-order valence-electron chi connectivity index (χ1n) is 8.95. The maximum absolute atomic E-state index is 12.6. The fraction of sp³-hybridized carbons (Fsp3) is 0.421. The predicted octanol–water partition coefficient (Wildman–Crippen LogP) is 2.04. The van der Waals surface area contributed by atoms with Gasteiger partial charge in [0.05, 0.1) is 16.8 Å². The first-order valence-corrected chi connectivity index (χ1v) is 8.95. The highest BCUT2D eigenvalue weighted by Gasteiger charge is 2.58. The summed E-state index contributed by atoms with van der Waals surface area (Å²) >= 11 is 0. The lowest BCUT2D eigenvalue weighted by atomic mass is 9.85. The first-order chi connectivity index (χ1) is 12.9. The molecule has 1 heterocycles. The molecule has 3 aliphatic rings. The Morgan fingerprint density at radius 3 is 2.44 bits per heavy atom. The van der Waals surface area contributed by atoms with Gasteiger partial charge >= 0.3 is 0 Å². The minimum atomic E-state index is -0.506. The molecule has 140 valence electrons. The van der Waals surface area contributed by atoms with Gasteiger partial charge in [0.1, 0.15) is 0 Å². The van der Waals surface area contributed by atoms with Gasteiger partial charge in [-0.25, -0.2) is 0 Å². The van der Waals surface area contributed by atoms with Crippen molar-refractivity contribution in [3.8, 4) is 0 Å². The summed E-state index contributed by atoms with van der Waals surface area (Å²) < 4.78 is 0. The van der Waals surface area contributed by atoms with Crippen molar-refractivity contribution < 1.29 is 19.3 Å². The lowest BCUT2D eigenvalue weighted by Gasteiger charge is -2.17. The Morgan fingerprint density at radius 1 is 1.22 bits per heavy atom. The van der Waals surface area contributed by atoms with E-state index in [1.54, 1.807) is 19.1 Å². The van der Waals surface area contributed by atoms with Crippen LogP contribution in [0.1, 0.15) is 18.4 Å². The van der Waals surface area contributed by atoms with E-state index in [-0.39, 0.29) is 54.1 Å². The molecule has 8 nitrogen and oxygen atoms in total. The second-order valence-electron chi connectivity index (χ2n) is 7.38. The Morgan fingerprint density at radius 2 is 1.85 bits per heavy atom. The third kappa shape index (κ3) is 2.81. The number of imide groups is 1. The van der Waals surface area contributed by atoms with Crippen molar-refractivity contribution in [2.45, 2.75) is 19.8 Å². The van der Waals surface area contributed by atoms with Crippen LogP contribution in [0.2, 0.25) is 0 Å². The summed E-state index contributed by atoms with van der Waals surface area (Å²) in [5.41, 5.74) is 0.741. The van der Waals surface area contributed by atoms with Crippen molar-refractivity contribution in [3.05, 3.63) is 46.0 Å². The fourth-order valence-electron chi connectivity index (χ4n) is 4.51. The Bertz CT molecular complexity index is 863. The smallest absolute Gasteiger partial charge is 0.274 e. The highest BCUT2D eigenvalue weighted by molar-refractivity contribution is 6.06. The standard InChI is InChI=1S/C19H19N3O5/c1-10-2-5-13(9-14(10)22(26)27)20-15(23)6-7-21-18(24)16-11-3-4-12(8-11)17(16)19(21)25/h2-5,9,11-12,16-17H,6-8H2,1H3,(H,20,23)/t11-,12-,16-,17-/m0/s1. The number of hydrogen-bond donors (Lipinski definition) is 1. The molecular formula is C19H19N3O5. The van der Waals surface area contributed by atoms with Crippen molar-refractivity contribution >= 4 is 29.1 Å². The molecule has 1 N–H and O–H groups in total. The highest BCUT2D eigenvalue weighted by atomic mass is 16.6. The van der Waals surface area contributed by atoms with Crippen molar-refractivity contribution in [2.75, 3.05) is 11.9 Å². The Hall–Kier alpha value is -3.03. The number of allylic oxidation sites excluding steroid dienone is 2. The number of aryl methyl sites for hydroxylation is 1. The number of nitro groups is 1. The number of anilines is 1. The second kappa shape index (κ2) is 6.29. The second-order valence-corrected chi connectivity index (χ2v) is 7.38. The van der Waals surface area contributed by atoms with E-state index in [2.05, 4.69) is 5.32 Å². The molecule has 3 amide bonds. The molecule has 1 aromatic rings. The van der Waals surface area contributed by atoms with E-state index < -0.39 is 10.8 Å². The van der Waals surface area contributed by atoms with Gasteiger partial charge in [0.15, 0.2) is 0 Å². The molecule has 1 aromatic carbocycles. The van der Waals surface area contributed by atoms with Crippen molar-refractivity contribution in [1.29, 1.82) is 0 Å². The van der Waals surface area contributed by atoms with Crippen LogP contribution in [-0.2, 0) is 14.4 Å². The van der Waals surface area contributed by atoms with Crippen molar-refractivity contribution in [3.63, 3.8) is 0 Å². The fourth-order valence-corrected chi connectivity index (χ4v) is 4.51. The van der Waals surface area contributed by atoms with Gasteiger partial charge in [0.25, 0.3) is 5.69 Å². The summed E-state index contributed by atoms with van der Waals surface area (Å²) in [5.74, 6) is -1.01. The minimum absolute atomic E-state index is 0.0316. The van der Waals surface area contributed by atoms with E-state index in [1.165, 1.54) is 11.0 Å². The zero-order valence-electron chi connectivity index (χ0n) is 14.8. The van der Waals surface area contributed by atoms with E-state index >= 15 is 0 Å². The summed E-state index contributed by atoms with van der Waals surface area (Å²) in [6.07, 6.45) is 4.88. The van der Waals surface area contributed by atoms with Gasteiger partial charge in [-0.05, 0) is 31.2 Å². The van der Waals surface area contributed by atoms with E-state index in [4.69, 9.17) is 0 Å². The molecule has 2 fully saturated rings. The highest BCUT2D eigenvalue weighted by Crippen LogP contribution is 2.52. The number of carbonyl (C=O) groups excluding carboxylic acids is 3. The molecular weight excluding hydrogens is 350 g/mol. The largest absolute Gasteiger partial charge is 0.326 e. The molecule has 8 heteroatoms. The van der Waals surface area contributed by atoms with Crippen LogP contribution >= 0.6 is 0 Å². The number of benzene rings is 1. The number of rotatable bonds is 5. The molecule has 1 saturated heterocycles. The third-order valence-corrected chi connectivity index (χ3v) is 5.81. The molecule has 2 bridgehead atoms. The summed E-state index contributed by atoms with van der Waals surface area (Å²) in [6.45, 7) is 1.65. The van der Waals surface area contributed by atoms with Crippen LogP contribution in [0.25, 0.3) is 0 Å². The van der Waals surface area contributed by atoms with E-state index in [9.17, 15) is 24.5 Å². The molecule has 0 unspecified atom stereocenters. The van der Waals surface area contributed by atoms with Gasteiger partial charge in [0, 0.05) is 30.3 Å². The molecule has 4 atom stereocenters. The summed E-state index contributed by atoms with van der Waals surface area (Å²) in [7, 11) is 0. The van der Waals surface area contributed by atoms with Crippen LogP contribution in [0.5, 0.6) is 0 Å². The van der Waals surface area contributed by atoms with Crippen LogP contribution in [0.4, 0.5) is 11.4 Å². The maximum Gasteiger partial charge on any atom is 0.274 e. The molecule has 0 aromatic heterocycles. The average Bonchev–Trinajstić information content (AvgIpc) is 3.29. The number of likely N-dealkylation sites (tertiary alicyclic amines) is 1. The summed E-state index contributed by atoms with van der Waals surface area (Å²) in [4.78, 5) is 49.0. The molecule has 0 radical (unpaired) electrons. The molecule has 1 aliphatic heterocycles. The van der Waals surface area contributed by atoms with Gasteiger partial charge in [-0.3, -0.25) is 29.4 Å². The van der Waals surface area contributed by atoms with Gasteiger partial charge in [0.2, 0.25) is 17.7 Å². The first kappa shape index (κ1) is 17.4. The lowest BCUT2D eigenvalue weighted by molar-refractivity contribution is -0.385. The van der Waals surface area contributed by atoms with Crippen molar-refractivity contribution in [2.24, 2.45) is 23.7 Å². The van der Waals surface area contributed by atoms with E-state index in [0.717, 1.165) is 6.42 Å². The Kier molecular flexibility index (Phi) is 4.05. The van der Waals surface area contributed by atoms with Crippen molar-refractivity contribution in [1.82, 2.24) is 4.90 Å². The molecule has 2 aliphatic carbocycles. The van der Waals surface area contributed by atoms with Gasteiger partial charge in [-0.15, -0.1) is 0 Å². The quantitative estimate of drug-likeness (QED) is 0.370. The normalized spacial score (nSPS) is 28.0. The van der Waals surface area contributed by atoms with Gasteiger partial charge in [-0.2, -0.15) is 0 Å². The Balaban J connectivity index is 1.38. The maximum atomic E-state index is 12.6. The topological polar surface area (TPSA) is 110 Å². The number of fused-ring (bicyclic) bond motifs is 5. The summed E-state index contributed by atoms with van der Waals surface area (Å²) in [5, 5.41) is 13.6. The SMILES string of the molecule is Cc1ccc(NC(=O)CCN2C(=O)[C@@H]3[C@@H](C2=O)[C@H]2C=C[C@H]3C2)cc1[N+](=O)[O-]. The predicted molar refractivity (Wildman–Crippen MR) is 95.5 cm³/mol. The average molecular weight is 369 g/mol. The van der Waals surface area contributed by atoms with E-state index in [0.29, 0.717) is 11.3 Å². The van der Waals surface area contributed by atoms with Gasteiger partial charge < -0.3 is 5.32 Å². The molecule has 1 saturated carbocycles. The third-order valence-electron chi connectivity index (χ3n) is 5.81. The lowest BCUT2D eigenvalue weighted by Crippen LogP contribution is -2.35. The zero-order valence-corrected chi connectivity index (χ0v) is 14.8. The Labute approximate surface area is 155 Å². The van der Waals surface area contributed by atoms with Gasteiger partial charge in [-0.1, -0.05) is 18.2 Å². The number of carbonyl (C=O) groups is 3. The number of nitro benzene ring substituents is 1. The zero-order chi connectivity index (χ0) is 19.3. The van der Waals surface area contributed by atoms with Crippen LogP contribution in [0.3, 0.4) is 0 Å². The number of nitrogens with one attached hydrogen (secondary N) is 1. The number of nitrogens with zero attached hydrogens (tertiary/aromatic N) is 2. The summed E-state index contributed by atoms with van der Waals surface area (Å²) in [6, 6.07) is 4.44. The van der Waals surface area contributed by atoms with Crippen LogP contribution < -0.4 is 5.32 Å². The molecule has 27 heavy (non-hydrogen) atoms.